The zero-order valence-corrected chi connectivity index (χ0v) is 11.1. The molecule has 0 rings (SSSR count). The van der Waals surface area contributed by atoms with Gasteiger partial charge in [-0.05, 0) is 27.7 Å². The fourth-order valence-corrected chi connectivity index (χ4v) is 3.11. The van der Waals surface area contributed by atoms with Crippen molar-refractivity contribution in [1.82, 2.24) is 0 Å². The highest BCUT2D eigenvalue weighted by Gasteiger charge is 2.37. The Morgan fingerprint density at radius 1 is 0.800 bits per heavy atom. The summed E-state index contributed by atoms with van der Waals surface area (Å²) in [5, 5.41) is 0. The summed E-state index contributed by atoms with van der Waals surface area (Å²) in [4.78, 5) is 0. The Morgan fingerprint density at radius 2 is 1.27 bits per heavy atom. The van der Waals surface area contributed by atoms with Crippen LogP contribution in [-0.2, 0) is 18.0 Å². The van der Waals surface area contributed by atoms with Gasteiger partial charge in [-0.2, -0.15) is 0 Å². The third-order valence-corrected chi connectivity index (χ3v) is 4.19. The van der Waals surface area contributed by atoms with E-state index in [1.165, 1.54) is 0 Å². The number of rotatable bonds is 9. The van der Waals surface area contributed by atoms with E-state index in [1.54, 1.807) is 12.0 Å². The molecule has 0 aliphatic heterocycles. The third kappa shape index (κ3) is 5.94. The van der Waals surface area contributed by atoms with E-state index in [-0.39, 0.29) is 0 Å². The van der Waals surface area contributed by atoms with E-state index >= 15 is 0 Å². The Balaban J connectivity index is 4.44. The van der Waals surface area contributed by atoms with E-state index in [0.717, 1.165) is 0 Å². The molecule has 0 heterocycles. The number of hydrogen-bond donors (Lipinski definition) is 0. The van der Waals surface area contributed by atoms with Gasteiger partial charge in [0.2, 0.25) is 0 Å². The zero-order valence-electron chi connectivity index (χ0n) is 10.1. The molecule has 4 nitrogen and oxygen atoms in total. The lowest BCUT2D eigenvalue weighted by atomic mass is 10.9. The van der Waals surface area contributed by atoms with Gasteiger partial charge < -0.3 is 18.0 Å². The summed E-state index contributed by atoms with van der Waals surface area (Å²) in [6, 6.07) is 0. The number of hydrogen-bond acceptors (Lipinski definition) is 4. The second-order valence-electron chi connectivity index (χ2n) is 2.66. The molecule has 90 valence electrons. The first-order chi connectivity index (χ1) is 7.24. The Bertz CT molecular complexity index is 156. The smallest absolute Gasteiger partial charge is 0.502 e. The SMILES string of the molecule is CCOC=C[Si](OCC)(OCC)OCC. The van der Waals surface area contributed by atoms with Crippen molar-refractivity contribution in [2.24, 2.45) is 0 Å². The van der Waals surface area contributed by atoms with Crippen molar-refractivity contribution < 1.29 is 18.0 Å². The minimum absolute atomic E-state index is 0.572. The monoisotopic (exact) mass is 234 g/mol. The molecule has 0 aliphatic carbocycles. The molecule has 0 aromatic carbocycles. The molecule has 0 atom stereocenters. The predicted octanol–water partition coefficient (Wildman–Crippen LogP) is 2.12. The van der Waals surface area contributed by atoms with Gasteiger partial charge in [-0.15, -0.1) is 0 Å². The molecule has 0 spiro atoms. The summed E-state index contributed by atoms with van der Waals surface area (Å²) >= 11 is 0. The van der Waals surface area contributed by atoms with E-state index in [9.17, 15) is 0 Å². The van der Waals surface area contributed by atoms with Crippen LogP contribution in [0.4, 0.5) is 0 Å². The first kappa shape index (κ1) is 14.6. The van der Waals surface area contributed by atoms with Crippen LogP contribution in [0.2, 0.25) is 0 Å². The summed E-state index contributed by atoms with van der Waals surface area (Å²) in [5.74, 6) is 0. The molecule has 0 saturated carbocycles. The van der Waals surface area contributed by atoms with E-state index in [4.69, 9.17) is 18.0 Å². The highest BCUT2D eigenvalue weighted by Crippen LogP contribution is 2.11. The van der Waals surface area contributed by atoms with Crippen LogP contribution in [0, 0.1) is 0 Å². The van der Waals surface area contributed by atoms with Crippen LogP contribution in [0.5, 0.6) is 0 Å². The summed E-state index contributed by atoms with van der Waals surface area (Å²) in [7, 11) is -2.64. The van der Waals surface area contributed by atoms with Crippen molar-refractivity contribution >= 4 is 8.80 Å². The first-order valence-electron chi connectivity index (χ1n) is 5.45. The Labute approximate surface area is 93.5 Å². The summed E-state index contributed by atoms with van der Waals surface area (Å²) < 4.78 is 21.9. The minimum Gasteiger partial charge on any atom is -0.502 e. The molecule has 0 aromatic heterocycles. The highest BCUT2D eigenvalue weighted by molar-refractivity contribution is 6.66. The largest absolute Gasteiger partial charge is 0.532 e. The Kier molecular flexibility index (Phi) is 8.69. The van der Waals surface area contributed by atoms with Gasteiger partial charge in [0.25, 0.3) is 0 Å². The van der Waals surface area contributed by atoms with Gasteiger partial charge in [-0.1, -0.05) is 0 Å². The van der Waals surface area contributed by atoms with Gasteiger partial charge in [0.05, 0.1) is 12.9 Å². The van der Waals surface area contributed by atoms with Crippen molar-refractivity contribution in [3.63, 3.8) is 0 Å². The standard InChI is InChI=1S/C10H22O4Si/c1-5-11-9-10-15(12-6-2,13-7-3)14-8-4/h9-10H,5-8H2,1-4H3. The van der Waals surface area contributed by atoms with Crippen LogP contribution in [0.1, 0.15) is 27.7 Å². The third-order valence-electron chi connectivity index (χ3n) is 1.57. The average molecular weight is 234 g/mol. The maximum atomic E-state index is 5.58. The van der Waals surface area contributed by atoms with Crippen molar-refractivity contribution in [2.45, 2.75) is 27.7 Å². The molecule has 0 amide bonds. The molecule has 5 heteroatoms. The first-order valence-corrected chi connectivity index (χ1v) is 7.26. The molecular weight excluding hydrogens is 212 g/mol. The van der Waals surface area contributed by atoms with Crippen LogP contribution < -0.4 is 0 Å². The lowest BCUT2D eigenvalue weighted by Crippen LogP contribution is -2.44. The second kappa shape index (κ2) is 8.91. The average Bonchev–Trinajstić information content (AvgIpc) is 2.19. The van der Waals surface area contributed by atoms with Crippen molar-refractivity contribution in [3.8, 4) is 0 Å². The Morgan fingerprint density at radius 3 is 1.60 bits per heavy atom. The van der Waals surface area contributed by atoms with E-state index < -0.39 is 8.80 Å². The van der Waals surface area contributed by atoms with Crippen LogP contribution >= 0.6 is 0 Å². The topological polar surface area (TPSA) is 36.9 Å². The number of ether oxygens (including phenoxy) is 1. The molecular formula is C10H22O4Si. The zero-order chi connectivity index (χ0) is 11.6. The van der Waals surface area contributed by atoms with Crippen LogP contribution in [0.25, 0.3) is 0 Å². The lowest BCUT2D eigenvalue weighted by Gasteiger charge is -2.24. The van der Waals surface area contributed by atoms with Gasteiger partial charge in [-0.3, -0.25) is 0 Å². The maximum Gasteiger partial charge on any atom is 0.532 e. The minimum atomic E-state index is -2.64. The van der Waals surface area contributed by atoms with Crippen LogP contribution in [-0.4, -0.2) is 35.2 Å². The van der Waals surface area contributed by atoms with Crippen molar-refractivity contribution in [2.75, 3.05) is 26.4 Å². The van der Waals surface area contributed by atoms with Gasteiger partial charge in [0.15, 0.2) is 0 Å². The van der Waals surface area contributed by atoms with Crippen LogP contribution in [0.3, 0.4) is 0 Å². The molecule has 0 aliphatic rings. The van der Waals surface area contributed by atoms with Gasteiger partial charge in [-0.25, -0.2) is 0 Å². The van der Waals surface area contributed by atoms with Gasteiger partial charge in [0.1, 0.15) is 0 Å². The summed E-state index contributed by atoms with van der Waals surface area (Å²) in [5.41, 5.74) is 1.78. The van der Waals surface area contributed by atoms with Crippen LogP contribution in [0.15, 0.2) is 12.0 Å². The molecule has 0 unspecified atom stereocenters. The summed E-state index contributed by atoms with van der Waals surface area (Å²) in [6.45, 7) is 10.0. The quantitative estimate of drug-likeness (QED) is 0.452. The van der Waals surface area contributed by atoms with E-state index in [2.05, 4.69) is 0 Å². The van der Waals surface area contributed by atoms with Crippen molar-refractivity contribution in [3.05, 3.63) is 12.0 Å². The second-order valence-corrected chi connectivity index (χ2v) is 5.07. The van der Waals surface area contributed by atoms with Gasteiger partial charge >= 0.3 is 8.80 Å². The molecule has 0 fully saturated rings. The molecule has 0 saturated heterocycles. The molecule has 0 radical (unpaired) electrons. The normalized spacial score (nSPS) is 12.3. The van der Waals surface area contributed by atoms with E-state index in [0.29, 0.717) is 26.4 Å². The molecule has 0 N–H and O–H groups in total. The van der Waals surface area contributed by atoms with Crippen molar-refractivity contribution in [1.29, 1.82) is 0 Å². The predicted molar refractivity (Wildman–Crippen MR) is 61.4 cm³/mol. The molecule has 15 heavy (non-hydrogen) atoms. The fourth-order valence-electron chi connectivity index (χ4n) is 1.10. The molecule has 0 aromatic rings. The lowest BCUT2D eigenvalue weighted by molar-refractivity contribution is 0.0832. The van der Waals surface area contributed by atoms with E-state index in [1.807, 2.05) is 27.7 Å². The Hall–Kier alpha value is -0.363. The maximum absolute atomic E-state index is 5.58. The fraction of sp³-hybridized carbons (Fsp3) is 0.800. The van der Waals surface area contributed by atoms with Gasteiger partial charge in [0, 0.05) is 25.5 Å². The summed E-state index contributed by atoms with van der Waals surface area (Å²) in [6.07, 6.45) is 1.60. The molecule has 0 bridgehead atoms. The highest BCUT2D eigenvalue weighted by atomic mass is 28.4.